The van der Waals surface area contributed by atoms with Gasteiger partial charge in [0, 0.05) is 6.04 Å². The first-order valence-corrected chi connectivity index (χ1v) is 7.50. The van der Waals surface area contributed by atoms with E-state index in [1.807, 2.05) is 6.92 Å². The van der Waals surface area contributed by atoms with Crippen LogP contribution in [-0.2, 0) is 9.53 Å². The molecule has 3 heteroatoms. The zero-order valence-electron chi connectivity index (χ0n) is 13.4. The van der Waals surface area contributed by atoms with Gasteiger partial charge in [0.05, 0.1) is 13.0 Å². The van der Waals surface area contributed by atoms with Gasteiger partial charge in [-0.3, -0.25) is 9.69 Å². The first-order chi connectivity index (χ1) is 9.53. The summed E-state index contributed by atoms with van der Waals surface area (Å²) < 4.78 is 5.12. The van der Waals surface area contributed by atoms with Crippen LogP contribution in [0.4, 0.5) is 0 Å². The summed E-state index contributed by atoms with van der Waals surface area (Å²) in [4.78, 5) is 14.2. The van der Waals surface area contributed by atoms with E-state index < -0.39 is 0 Å². The van der Waals surface area contributed by atoms with Gasteiger partial charge in [-0.25, -0.2) is 0 Å². The average Bonchev–Trinajstić information content (AvgIpc) is 2.42. The van der Waals surface area contributed by atoms with Gasteiger partial charge in [-0.05, 0) is 50.6 Å². The highest BCUT2D eigenvalue weighted by atomic mass is 16.5. The second kappa shape index (κ2) is 8.05. The highest BCUT2D eigenvalue weighted by Gasteiger charge is 2.22. The number of rotatable bonds is 7. The second-order valence-electron chi connectivity index (χ2n) is 5.09. The van der Waals surface area contributed by atoms with Crippen LogP contribution >= 0.6 is 0 Å². The number of esters is 1. The van der Waals surface area contributed by atoms with E-state index >= 15 is 0 Å². The highest BCUT2D eigenvalue weighted by Crippen LogP contribution is 2.26. The van der Waals surface area contributed by atoms with E-state index in [0.29, 0.717) is 13.0 Å². The second-order valence-corrected chi connectivity index (χ2v) is 5.09. The number of hydrogen-bond acceptors (Lipinski definition) is 3. The van der Waals surface area contributed by atoms with Crippen LogP contribution in [0, 0.1) is 13.8 Å². The first kappa shape index (κ1) is 16.7. The standard InChI is InChI=1S/C17H27NO2/c1-6-18(7-2)16(12-17(19)20-8-3)15-10-9-13(4)14(5)11-15/h9-11,16H,6-8,12H2,1-5H3. The van der Waals surface area contributed by atoms with Crippen molar-refractivity contribution >= 4 is 5.97 Å². The lowest BCUT2D eigenvalue weighted by atomic mass is 9.97. The third kappa shape index (κ3) is 4.34. The molecule has 0 saturated carbocycles. The van der Waals surface area contributed by atoms with E-state index in [2.05, 4.69) is 50.8 Å². The van der Waals surface area contributed by atoms with Crippen LogP contribution in [0.5, 0.6) is 0 Å². The predicted molar refractivity (Wildman–Crippen MR) is 82.8 cm³/mol. The number of aryl methyl sites for hydroxylation is 2. The predicted octanol–water partition coefficient (Wildman–Crippen LogP) is 3.64. The molecule has 0 aliphatic heterocycles. The topological polar surface area (TPSA) is 29.5 Å². The summed E-state index contributed by atoms with van der Waals surface area (Å²) in [7, 11) is 0. The Morgan fingerprint density at radius 1 is 1.15 bits per heavy atom. The van der Waals surface area contributed by atoms with Crippen LogP contribution < -0.4 is 0 Å². The Bertz CT molecular complexity index is 439. The van der Waals surface area contributed by atoms with E-state index in [0.717, 1.165) is 13.1 Å². The van der Waals surface area contributed by atoms with E-state index in [1.54, 1.807) is 0 Å². The molecule has 0 amide bonds. The summed E-state index contributed by atoms with van der Waals surface area (Å²) >= 11 is 0. The summed E-state index contributed by atoms with van der Waals surface area (Å²) in [5.74, 6) is -0.123. The maximum absolute atomic E-state index is 11.9. The SMILES string of the molecule is CCOC(=O)CC(c1ccc(C)c(C)c1)N(CC)CC. The third-order valence-electron chi connectivity index (χ3n) is 3.83. The van der Waals surface area contributed by atoms with Crippen LogP contribution in [0.1, 0.15) is 49.9 Å². The van der Waals surface area contributed by atoms with Crippen LogP contribution in [0.25, 0.3) is 0 Å². The van der Waals surface area contributed by atoms with Gasteiger partial charge in [0.2, 0.25) is 0 Å². The molecule has 1 aromatic carbocycles. The fraction of sp³-hybridized carbons (Fsp3) is 0.588. The number of ether oxygens (including phenoxy) is 1. The van der Waals surface area contributed by atoms with Crippen molar-refractivity contribution in [3.05, 3.63) is 34.9 Å². The molecule has 0 aliphatic carbocycles. The molecular weight excluding hydrogens is 250 g/mol. The quantitative estimate of drug-likeness (QED) is 0.713. The van der Waals surface area contributed by atoms with E-state index in [9.17, 15) is 4.79 Å². The minimum atomic E-state index is -0.123. The third-order valence-corrected chi connectivity index (χ3v) is 3.83. The minimum absolute atomic E-state index is 0.100. The van der Waals surface area contributed by atoms with Crippen molar-refractivity contribution < 1.29 is 9.53 Å². The number of benzene rings is 1. The molecule has 0 spiro atoms. The van der Waals surface area contributed by atoms with Crippen LogP contribution in [-0.4, -0.2) is 30.6 Å². The molecule has 1 atom stereocenters. The minimum Gasteiger partial charge on any atom is -0.466 e. The fourth-order valence-corrected chi connectivity index (χ4v) is 2.47. The number of nitrogens with zero attached hydrogens (tertiary/aromatic N) is 1. The molecule has 0 bridgehead atoms. The lowest BCUT2D eigenvalue weighted by Gasteiger charge is -2.29. The van der Waals surface area contributed by atoms with Crippen molar-refractivity contribution in [1.29, 1.82) is 0 Å². The molecule has 0 aliphatic rings. The largest absolute Gasteiger partial charge is 0.466 e. The summed E-state index contributed by atoms with van der Waals surface area (Å²) in [5.41, 5.74) is 3.75. The summed E-state index contributed by atoms with van der Waals surface area (Å²) in [6, 6.07) is 6.55. The van der Waals surface area contributed by atoms with Gasteiger partial charge in [-0.2, -0.15) is 0 Å². The highest BCUT2D eigenvalue weighted by molar-refractivity contribution is 5.70. The van der Waals surface area contributed by atoms with E-state index in [1.165, 1.54) is 16.7 Å². The Balaban J connectivity index is 3.02. The monoisotopic (exact) mass is 277 g/mol. The number of carbonyl (C=O) groups is 1. The average molecular weight is 277 g/mol. The summed E-state index contributed by atoms with van der Waals surface area (Å²) in [5, 5.41) is 0. The van der Waals surface area contributed by atoms with Crippen molar-refractivity contribution in [2.75, 3.05) is 19.7 Å². The zero-order valence-corrected chi connectivity index (χ0v) is 13.4. The number of carbonyl (C=O) groups excluding carboxylic acids is 1. The zero-order chi connectivity index (χ0) is 15.1. The molecule has 0 saturated heterocycles. The Kier molecular flexibility index (Phi) is 6.73. The molecule has 1 unspecified atom stereocenters. The van der Waals surface area contributed by atoms with Gasteiger partial charge in [0.15, 0.2) is 0 Å². The molecule has 0 fully saturated rings. The molecule has 1 aromatic rings. The van der Waals surface area contributed by atoms with Gasteiger partial charge < -0.3 is 4.74 Å². The molecule has 0 N–H and O–H groups in total. The molecule has 3 nitrogen and oxygen atoms in total. The van der Waals surface area contributed by atoms with Crippen molar-refractivity contribution in [3.8, 4) is 0 Å². The van der Waals surface area contributed by atoms with Gasteiger partial charge >= 0.3 is 5.97 Å². The van der Waals surface area contributed by atoms with E-state index in [-0.39, 0.29) is 12.0 Å². The Morgan fingerprint density at radius 3 is 2.30 bits per heavy atom. The molecule has 0 radical (unpaired) electrons. The lowest BCUT2D eigenvalue weighted by Crippen LogP contribution is -2.30. The van der Waals surface area contributed by atoms with E-state index in [4.69, 9.17) is 4.74 Å². The van der Waals surface area contributed by atoms with Crippen molar-refractivity contribution in [2.45, 2.75) is 47.1 Å². The van der Waals surface area contributed by atoms with Gasteiger partial charge in [-0.1, -0.05) is 32.0 Å². The molecule has 0 aromatic heterocycles. The fourth-order valence-electron chi connectivity index (χ4n) is 2.47. The van der Waals surface area contributed by atoms with Crippen molar-refractivity contribution in [1.82, 2.24) is 4.90 Å². The Hall–Kier alpha value is -1.35. The first-order valence-electron chi connectivity index (χ1n) is 7.50. The lowest BCUT2D eigenvalue weighted by molar-refractivity contribution is -0.144. The maximum atomic E-state index is 11.9. The Labute approximate surface area is 122 Å². The molecule has 20 heavy (non-hydrogen) atoms. The van der Waals surface area contributed by atoms with Gasteiger partial charge in [0.1, 0.15) is 0 Å². The molecule has 1 rings (SSSR count). The summed E-state index contributed by atoms with van der Waals surface area (Å²) in [6.07, 6.45) is 0.415. The van der Waals surface area contributed by atoms with Crippen LogP contribution in [0.15, 0.2) is 18.2 Å². The van der Waals surface area contributed by atoms with Crippen molar-refractivity contribution in [3.63, 3.8) is 0 Å². The van der Waals surface area contributed by atoms with Gasteiger partial charge in [-0.15, -0.1) is 0 Å². The summed E-state index contributed by atoms with van der Waals surface area (Å²) in [6.45, 7) is 12.6. The van der Waals surface area contributed by atoms with Crippen LogP contribution in [0.3, 0.4) is 0 Å². The van der Waals surface area contributed by atoms with Crippen LogP contribution in [0.2, 0.25) is 0 Å². The Morgan fingerprint density at radius 2 is 1.80 bits per heavy atom. The van der Waals surface area contributed by atoms with Gasteiger partial charge in [0.25, 0.3) is 0 Å². The smallest absolute Gasteiger partial charge is 0.307 e. The van der Waals surface area contributed by atoms with Crippen molar-refractivity contribution in [2.24, 2.45) is 0 Å². The normalized spacial score (nSPS) is 12.5. The maximum Gasteiger partial charge on any atom is 0.307 e. The number of hydrogen-bond donors (Lipinski definition) is 0. The molecule has 0 heterocycles. The molecule has 112 valence electrons. The molecular formula is C17H27NO2.